The van der Waals surface area contributed by atoms with Gasteiger partial charge in [-0.3, -0.25) is 19.3 Å². The molecule has 3 aromatic rings. The second-order valence-electron chi connectivity index (χ2n) is 7.80. The Morgan fingerprint density at radius 2 is 1.86 bits per heavy atom. The third-order valence-corrected chi connectivity index (χ3v) is 6.66. The fourth-order valence-electron chi connectivity index (χ4n) is 3.76. The molecule has 10 heteroatoms. The average Bonchev–Trinajstić information content (AvgIpc) is 3.25. The topological polar surface area (TPSA) is 80.6 Å². The van der Waals surface area contributed by atoms with Crippen molar-refractivity contribution in [2.24, 2.45) is 0 Å². The lowest BCUT2D eigenvalue weighted by atomic mass is 10.2. The van der Waals surface area contributed by atoms with Crippen molar-refractivity contribution in [3.8, 4) is 11.4 Å². The number of thioether (sulfide) groups is 1. The van der Waals surface area contributed by atoms with Crippen molar-refractivity contribution >= 4 is 52.2 Å². The summed E-state index contributed by atoms with van der Waals surface area (Å²) in [5.74, 6) is -1.03. The molecule has 35 heavy (non-hydrogen) atoms. The molecule has 0 bridgehead atoms. The molecule has 1 fully saturated rings. The largest absolute Gasteiger partial charge is 0.497 e. The minimum atomic E-state index is -0.618. The second kappa shape index (κ2) is 9.97. The Morgan fingerprint density at radius 3 is 2.51 bits per heavy atom. The highest BCUT2D eigenvalue weighted by Gasteiger charge is 2.36. The van der Waals surface area contributed by atoms with Gasteiger partial charge in [0.25, 0.3) is 11.1 Å². The molecule has 1 aliphatic heterocycles. The summed E-state index contributed by atoms with van der Waals surface area (Å²) in [4.78, 5) is 38.9. The van der Waals surface area contributed by atoms with Crippen molar-refractivity contribution in [3.63, 3.8) is 0 Å². The molecule has 1 saturated heterocycles. The molecule has 4 rings (SSSR count). The number of amides is 3. The third-order valence-electron chi connectivity index (χ3n) is 5.47. The Bertz CT molecular complexity index is 1370. The minimum Gasteiger partial charge on any atom is -0.497 e. The van der Waals surface area contributed by atoms with Crippen LogP contribution in [-0.4, -0.2) is 40.2 Å². The lowest BCUT2D eigenvalue weighted by Crippen LogP contribution is -2.36. The van der Waals surface area contributed by atoms with Crippen LogP contribution in [0, 0.1) is 19.7 Å². The molecule has 1 N–H and O–H groups in total. The maximum atomic E-state index is 13.3. The predicted octanol–water partition coefficient (Wildman–Crippen LogP) is 5.57. The number of aromatic nitrogens is 1. The molecule has 1 aromatic heterocycles. The number of nitrogens with zero attached hydrogens (tertiary/aromatic N) is 2. The van der Waals surface area contributed by atoms with Crippen LogP contribution in [0.2, 0.25) is 5.02 Å². The van der Waals surface area contributed by atoms with E-state index in [1.54, 1.807) is 13.2 Å². The van der Waals surface area contributed by atoms with E-state index in [4.69, 9.17) is 16.3 Å². The Kier molecular flexibility index (Phi) is 7.00. The monoisotopic (exact) mass is 513 g/mol. The van der Waals surface area contributed by atoms with E-state index < -0.39 is 29.4 Å². The summed E-state index contributed by atoms with van der Waals surface area (Å²) in [5, 5.41) is 1.82. The average molecular weight is 514 g/mol. The molecule has 0 saturated carbocycles. The van der Waals surface area contributed by atoms with Gasteiger partial charge in [0.05, 0.1) is 17.0 Å². The highest BCUT2D eigenvalue weighted by atomic mass is 35.5. The quantitative estimate of drug-likeness (QED) is 0.436. The van der Waals surface area contributed by atoms with Crippen LogP contribution in [0.25, 0.3) is 11.8 Å². The van der Waals surface area contributed by atoms with Crippen molar-refractivity contribution in [3.05, 3.63) is 81.2 Å². The van der Waals surface area contributed by atoms with E-state index >= 15 is 0 Å². The van der Waals surface area contributed by atoms with E-state index in [-0.39, 0.29) is 15.6 Å². The van der Waals surface area contributed by atoms with Crippen LogP contribution >= 0.6 is 23.4 Å². The molecule has 2 aromatic carbocycles. The first-order valence-corrected chi connectivity index (χ1v) is 11.7. The van der Waals surface area contributed by atoms with Gasteiger partial charge in [-0.25, -0.2) is 4.39 Å². The zero-order valence-corrected chi connectivity index (χ0v) is 20.7. The summed E-state index contributed by atoms with van der Waals surface area (Å²) in [5.41, 5.74) is 3.83. The van der Waals surface area contributed by atoms with Crippen LogP contribution < -0.4 is 10.1 Å². The number of aryl methyl sites for hydroxylation is 1. The van der Waals surface area contributed by atoms with Gasteiger partial charge in [-0.1, -0.05) is 11.6 Å². The molecule has 2 heterocycles. The first kappa shape index (κ1) is 24.6. The van der Waals surface area contributed by atoms with Gasteiger partial charge in [-0.2, -0.15) is 0 Å². The lowest BCUT2D eigenvalue weighted by molar-refractivity contribution is -0.127. The number of rotatable bonds is 6. The number of benzene rings is 2. The van der Waals surface area contributed by atoms with Crippen molar-refractivity contribution in [2.75, 3.05) is 19.0 Å². The SMILES string of the molecule is COc1ccc(-n2c(C)cc(/C=C3\SC(=O)N(CC(=O)Nc4ccc(F)c(Cl)c4)C3=O)c2C)cc1. The fraction of sp³-hybridized carbons (Fsp3) is 0.160. The summed E-state index contributed by atoms with van der Waals surface area (Å²) in [7, 11) is 1.61. The molecular weight excluding hydrogens is 493 g/mol. The van der Waals surface area contributed by atoms with Crippen LogP contribution in [0.1, 0.15) is 17.0 Å². The first-order chi connectivity index (χ1) is 16.7. The molecule has 0 spiro atoms. The standard InChI is InChI=1S/C25H21ClFN3O4S/c1-14-10-16(15(2)30(14)18-5-7-19(34-3)8-6-18)11-22-24(32)29(25(33)35-22)13-23(31)28-17-4-9-21(27)20(26)12-17/h4-12H,13H2,1-3H3,(H,28,31)/b22-11-. The maximum absolute atomic E-state index is 13.3. The molecule has 1 aliphatic rings. The van der Waals surface area contributed by atoms with Crippen LogP contribution in [0.4, 0.5) is 14.9 Å². The Balaban J connectivity index is 1.51. The fourth-order valence-corrected chi connectivity index (χ4v) is 4.77. The number of anilines is 1. The van der Waals surface area contributed by atoms with Gasteiger partial charge in [0.2, 0.25) is 5.91 Å². The second-order valence-corrected chi connectivity index (χ2v) is 9.21. The predicted molar refractivity (Wildman–Crippen MR) is 135 cm³/mol. The highest BCUT2D eigenvalue weighted by Crippen LogP contribution is 2.34. The number of ether oxygens (including phenoxy) is 1. The van der Waals surface area contributed by atoms with Gasteiger partial charge in [0.1, 0.15) is 18.1 Å². The van der Waals surface area contributed by atoms with Crippen molar-refractivity contribution in [1.82, 2.24) is 9.47 Å². The molecule has 0 atom stereocenters. The van der Waals surface area contributed by atoms with Crippen LogP contribution in [0.5, 0.6) is 5.75 Å². The zero-order valence-electron chi connectivity index (χ0n) is 19.1. The molecular formula is C25H21ClFN3O4S. The lowest BCUT2D eigenvalue weighted by Gasteiger charge is -2.12. The smallest absolute Gasteiger partial charge is 0.294 e. The number of halogens is 2. The van der Waals surface area contributed by atoms with Gasteiger partial charge in [-0.15, -0.1) is 0 Å². The number of hydrogen-bond donors (Lipinski definition) is 1. The van der Waals surface area contributed by atoms with Gasteiger partial charge in [0.15, 0.2) is 0 Å². The van der Waals surface area contributed by atoms with E-state index in [0.29, 0.717) is 0 Å². The maximum Gasteiger partial charge on any atom is 0.294 e. The van der Waals surface area contributed by atoms with Crippen molar-refractivity contribution in [2.45, 2.75) is 13.8 Å². The zero-order chi connectivity index (χ0) is 25.3. The van der Waals surface area contributed by atoms with E-state index in [2.05, 4.69) is 5.32 Å². The Morgan fingerprint density at radius 1 is 1.14 bits per heavy atom. The number of methoxy groups -OCH3 is 1. The minimum absolute atomic E-state index is 0.149. The number of imide groups is 1. The molecule has 0 unspecified atom stereocenters. The van der Waals surface area contributed by atoms with E-state index in [1.807, 2.05) is 48.7 Å². The third kappa shape index (κ3) is 5.11. The Labute approximate surface area is 210 Å². The molecule has 7 nitrogen and oxygen atoms in total. The summed E-state index contributed by atoms with van der Waals surface area (Å²) in [6, 6.07) is 13.2. The highest BCUT2D eigenvalue weighted by molar-refractivity contribution is 8.18. The van der Waals surface area contributed by atoms with Gasteiger partial charge in [-0.05, 0) is 85.8 Å². The number of carbonyl (C=O) groups is 3. The molecule has 0 aliphatic carbocycles. The van der Waals surface area contributed by atoms with Crippen LogP contribution in [-0.2, 0) is 9.59 Å². The summed E-state index contributed by atoms with van der Waals surface area (Å²) >= 11 is 6.50. The summed E-state index contributed by atoms with van der Waals surface area (Å²) in [6.45, 7) is 3.41. The van der Waals surface area contributed by atoms with Gasteiger partial charge in [0, 0.05) is 22.8 Å². The summed E-state index contributed by atoms with van der Waals surface area (Å²) < 4.78 is 20.6. The van der Waals surface area contributed by atoms with E-state index in [1.165, 1.54) is 12.1 Å². The van der Waals surface area contributed by atoms with Gasteiger partial charge >= 0.3 is 0 Å². The van der Waals surface area contributed by atoms with Crippen molar-refractivity contribution < 1.29 is 23.5 Å². The van der Waals surface area contributed by atoms with Gasteiger partial charge < -0.3 is 14.6 Å². The number of nitrogens with one attached hydrogen (secondary N) is 1. The molecule has 0 radical (unpaired) electrons. The summed E-state index contributed by atoms with van der Waals surface area (Å²) in [6.07, 6.45) is 1.66. The Hall–Kier alpha value is -3.56. The van der Waals surface area contributed by atoms with E-state index in [0.717, 1.165) is 51.1 Å². The number of hydrogen-bond acceptors (Lipinski definition) is 5. The number of carbonyl (C=O) groups excluding carboxylic acids is 3. The normalized spacial score (nSPS) is 14.7. The molecule has 3 amide bonds. The molecule has 180 valence electrons. The van der Waals surface area contributed by atoms with Crippen LogP contribution in [0.3, 0.4) is 0 Å². The first-order valence-electron chi connectivity index (χ1n) is 10.5. The van der Waals surface area contributed by atoms with Crippen molar-refractivity contribution in [1.29, 1.82) is 0 Å². The van der Waals surface area contributed by atoms with Crippen LogP contribution in [0.15, 0.2) is 53.4 Å². The van der Waals surface area contributed by atoms with E-state index in [9.17, 15) is 18.8 Å².